The van der Waals surface area contributed by atoms with E-state index in [2.05, 4.69) is 16.7 Å². The molecule has 21 heavy (non-hydrogen) atoms. The number of benzene rings is 1. The van der Waals surface area contributed by atoms with Gasteiger partial charge in [-0.2, -0.15) is 0 Å². The predicted molar refractivity (Wildman–Crippen MR) is 87.0 cm³/mol. The molecular weight excluding hydrogens is 284 g/mol. The smallest absolute Gasteiger partial charge is 0.125 e. The van der Waals surface area contributed by atoms with Gasteiger partial charge < -0.3 is 15.4 Å². The Labute approximate surface area is 132 Å². The van der Waals surface area contributed by atoms with Crippen LogP contribution in [0, 0.1) is 11.8 Å². The minimum absolute atomic E-state index is 0.753. The highest BCUT2D eigenvalue weighted by Gasteiger charge is 2.22. The molecule has 1 aromatic carbocycles. The van der Waals surface area contributed by atoms with Crippen LogP contribution in [0.25, 0.3) is 0 Å². The first-order valence-electron chi connectivity index (χ1n) is 8.14. The van der Waals surface area contributed by atoms with Crippen molar-refractivity contribution in [3.8, 4) is 5.75 Å². The number of hydrogen-bond donors (Lipinski definition) is 2. The van der Waals surface area contributed by atoms with Gasteiger partial charge in [-0.15, -0.1) is 0 Å². The zero-order chi connectivity index (χ0) is 14.5. The van der Waals surface area contributed by atoms with Crippen LogP contribution in [-0.2, 0) is 6.54 Å². The van der Waals surface area contributed by atoms with Crippen molar-refractivity contribution in [2.45, 2.75) is 32.2 Å². The van der Waals surface area contributed by atoms with Gasteiger partial charge in [0.05, 0.1) is 6.61 Å². The molecule has 116 valence electrons. The maximum absolute atomic E-state index is 6.10. The van der Waals surface area contributed by atoms with Gasteiger partial charge in [-0.1, -0.05) is 17.7 Å². The summed E-state index contributed by atoms with van der Waals surface area (Å²) < 4.78 is 5.95. The van der Waals surface area contributed by atoms with Gasteiger partial charge >= 0.3 is 0 Å². The van der Waals surface area contributed by atoms with E-state index in [1.54, 1.807) is 0 Å². The topological polar surface area (TPSA) is 33.3 Å². The second-order valence-corrected chi connectivity index (χ2v) is 6.77. The highest BCUT2D eigenvalue weighted by molar-refractivity contribution is 6.30. The second-order valence-electron chi connectivity index (χ2n) is 6.33. The molecule has 1 saturated heterocycles. The van der Waals surface area contributed by atoms with Crippen molar-refractivity contribution in [1.29, 1.82) is 0 Å². The van der Waals surface area contributed by atoms with E-state index in [1.807, 2.05) is 12.1 Å². The van der Waals surface area contributed by atoms with Crippen LogP contribution in [-0.4, -0.2) is 26.2 Å². The third kappa shape index (κ3) is 4.87. The molecule has 1 heterocycles. The fourth-order valence-electron chi connectivity index (χ4n) is 2.80. The molecule has 0 aromatic heterocycles. The summed E-state index contributed by atoms with van der Waals surface area (Å²) in [6, 6.07) is 5.98. The van der Waals surface area contributed by atoms with E-state index < -0.39 is 0 Å². The lowest BCUT2D eigenvalue weighted by molar-refractivity contribution is 0.295. The second kappa shape index (κ2) is 7.48. The van der Waals surface area contributed by atoms with E-state index in [0.717, 1.165) is 55.4 Å². The van der Waals surface area contributed by atoms with E-state index in [0.29, 0.717) is 0 Å². The summed E-state index contributed by atoms with van der Waals surface area (Å²) in [5.41, 5.74) is 1.22. The summed E-state index contributed by atoms with van der Waals surface area (Å²) >= 11 is 6.10. The van der Waals surface area contributed by atoms with Crippen molar-refractivity contribution in [3.63, 3.8) is 0 Å². The molecule has 1 aromatic rings. The van der Waals surface area contributed by atoms with Gasteiger partial charge in [-0.25, -0.2) is 0 Å². The number of nitrogens with one attached hydrogen (secondary N) is 2. The van der Waals surface area contributed by atoms with Crippen LogP contribution in [0.5, 0.6) is 5.75 Å². The molecule has 1 aliphatic heterocycles. The molecule has 1 saturated carbocycles. The zero-order valence-electron chi connectivity index (χ0n) is 12.5. The Morgan fingerprint density at radius 1 is 1.14 bits per heavy atom. The molecule has 3 rings (SSSR count). The summed E-state index contributed by atoms with van der Waals surface area (Å²) in [6.45, 7) is 5.10. The minimum atomic E-state index is 0.753. The van der Waals surface area contributed by atoms with Crippen molar-refractivity contribution in [1.82, 2.24) is 10.6 Å². The van der Waals surface area contributed by atoms with Crippen LogP contribution in [0.2, 0.25) is 5.02 Å². The lowest BCUT2D eigenvalue weighted by Crippen LogP contribution is -2.33. The van der Waals surface area contributed by atoms with Gasteiger partial charge in [-0.05, 0) is 69.3 Å². The Morgan fingerprint density at radius 2 is 1.95 bits per heavy atom. The summed E-state index contributed by atoms with van der Waals surface area (Å²) in [4.78, 5) is 0. The monoisotopic (exact) mass is 308 g/mol. The fraction of sp³-hybridized carbons (Fsp3) is 0.647. The number of hydrogen-bond acceptors (Lipinski definition) is 3. The number of halogens is 1. The highest BCUT2D eigenvalue weighted by Crippen LogP contribution is 2.31. The molecule has 0 spiro atoms. The maximum atomic E-state index is 6.10. The third-order valence-corrected chi connectivity index (χ3v) is 4.64. The third-order valence-electron chi connectivity index (χ3n) is 4.41. The molecule has 2 aliphatic rings. The minimum Gasteiger partial charge on any atom is -0.493 e. The largest absolute Gasteiger partial charge is 0.493 e. The lowest BCUT2D eigenvalue weighted by Gasteiger charge is -2.23. The van der Waals surface area contributed by atoms with Gasteiger partial charge in [0.25, 0.3) is 0 Å². The van der Waals surface area contributed by atoms with E-state index in [-0.39, 0.29) is 0 Å². The molecule has 0 bridgehead atoms. The van der Waals surface area contributed by atoms with E-state index >= 15 is 0 Å². The van der Waals surface area contributed by atoms with Crippen molar-refractivity contribution in [2.24, 2.45) is 11.8 Å². The molecule has 1 aliphatic carbocycles. The fourth-order valence-corrected chi connectivity index (χ4v) is 2.96. The van der Waals surface area contributed by atoms with Crippen LogP contribution in [0.1, 0.15) is 31.2 Å². The number of rotatable bonds is 7. The first-order chi connectivity index (χ1) is 10.3. The maximum Gasteiger partial charge on any atom is 0.125 e. The lowest BCUT2D eigenvalue weighted by atomic mass is 9.98. The summed E-state index contributed by atoms with van der Waals surface area (Å²) in [5.74, 6) is 2.51. The van der Waals surface area contributed by atoms with E-state index in [4.69, 9.17) is 16.3 Å². The predicted octanol–water partition coefficient (Wildman–Crippen LogP) is 3.22. The van der Waals surface area contributed by atoms with Gasteiger partial charge in [0.1, 0.15) is 5.75 Å². The van der Waals surface area contributed by atoms with Crippen molar-refractivity contribution in [3.05, 3.63) is 28.8 Å². The van der Waals surface area contributed by atoms with Crippen molar-refractivity contribution >= 4 is 11.6 Å². The standard InChI is InChI=1S/C17H25ClN2O/c18-16-4-3-15(17(9-16)21-12-14-1-2-14)11-20-10-13-5-7-19-8-6-13/h3-4,9,13-14,19-20H,1-2,5-8,10-12H2. The highest BCUT2D eigenvalue weighted by atomic mass is 35.5. The summed E-state index contributed by atoms with van der Waals surface area (Å²) in [6.07, 6.45) is 5.17. The average molecular weight is 309 g/mol. The van der Waals surface area contributed by atoms with E-state index in [9.17, 15) is 0 Å². The Morgan fingerprint density at radius 3 is 2.71 bits per heavy atom. The van der Waals surface area contributed by atoms with Crippen LogP contribution >= 0.6 is 11.6 Å². The van der Waals surface area contributed by atoms with Crippen LogP contribution in [0.3, 0.4) is 0 Å². The summed E-state index contributed by atoms with van der Waals surface area (Å²) in [7, 11) is 0. The number of piperidine rings is 1. The normalized spacial score (nSPS) is 19.7. The van der Waals surface area contributed by atoms with Gasteiger partial charge in [0, 0.05) is 17.1 Å². The van der Waals surface area contributed by atoms with Gasteiger partial charge in [0.2, 0.25) is 0 Å². The molecule has 4 heteroatoms. The quantitative estimate of drug-likeness (QED) is 0.811. The van der Waals surface area contributed by atoms with Crippen LogP contribution in [0.15, 0.2) is 18.2 Å². The Kier molecular flexibility index (Phi) is 5.39. The molecular formula is C17H25ClN2O. The Hall–Kier alpha value is -0.770. The molecule has 2 fully saturated rings. The van der Waals surface area contributed by atoms with Gasteiger partial charge in [-0.3, -0.25) is 0 Å². The number of ether oxygens (including phenoxy) is 1. The Balaban J connectivity index is 1.50. The van der Waals surface area contributed by atoms with Crippen molar-refractivity contribution < 1.29 is 4.74 Å². The molecule has 0 atom stereocenters. The SMILES string of the molecule is Clc1ccc(CNCC2CCNCC2)c(OCC2CC2)c1. The molecule has 3 nitrogen and oxygen atoms in total. The first-order valence-corrected chi connectivity index (χ1v) is 8.52. The van der Waals surface area contributed by atoms with Crippen LogP contribution in [0.4, 0.5) is 0 Å². The summed E-state index contributed by atoms with van der Waals surface area (Å²) in [5, 5.41) is 7.75. The Bertz CT molecular complexity index is 456. The zero-order valence-corrected chi connectivity index (χ0v) is 13.3. The molecule has 0 radical (unpaired) electrons. The first kappa shape index (κ1) is 15.1. The molecule has 2 N–H and O–H groups in total. The van der Waals surface area contributed by atoms with Gasteiger partial charge in [0.15, 0.2) is 0 Å². The van der Waals surface area contributed by atoms with Crippen molar-refractivity contribution in [2.75, 3.05) is 26.2 Å². The average Bonchev–Trinajstić information content (AvgIpc) is 3.32. The molecule has 0 amide bonds. The molecule has 0 unspecified atom stereocenters. The van der Waals surface area contributed by atoms with E-state index in [1.165, 1.54) is 31.2 Å². The van der Waals surface area contributed by atoms with Crippen LogP contribution < -0.4 is 15.4 Å².